The van der Waals surface area contributed by atoms with E-state index in [0.29, 0.717) is 12.4 Å². The average molecular weight is 242 g/mol. The quantitative estimate of drug-likeness (QED) is 0.829. The molecule has 0 radical (unpaired) electrons. The number of rotatable bonds is 3. The van der Waals surface area contributed by atoms with Crippen LogP contribution in [0, 0.1) is 19.3 Å². The molecule has 18 heavy (non-hydrogen) atoms. The van der Waals surface area contributed by atoms with E-state index in [1.807, 2.05) is 37.2 Å². The lowest BCUT2D eigenvalue weighted by Crippen LogP contribution is -2.27. The van der Waals surface area contributed by atoms with E-state index in [4.69, 9.17) is 5.41 Å². The molecule has 1 aliphatic heterocycles. The Morgan fingerprint density at radius 3 is 2.67 bits per heavy atom. The molecule has 94 valence electrons. The second kappa shape index (κ2) is 4.64. The van der Waals surface area contributed by atoms with Crippen molar-refractivity contribution in [2.75, 3.05) is 11.6 Å². The molecule has 1 aromatic rings. The highest BCUT2D eigenvalue weighted by molar-refractivity contribution is 5.94. The molecular formula is C14H18N4. The first-order chi connectivity index (χ1) is 8.49. The summed E-state index contributed by atoms with van der Waals surface area (Å²) in [5.41, 5.74) is 4.34. The van der Waals surface area contributed by atoms with Crippen molar-refractivity contribution in [2.24, 2.45) is 0 Å². The van der Waals surface area contributed by atoms with Gasteiger partial charge in [-0.2, -0.15) is 0 Å². The molecule has 4 heteroatoms. The van der Waals surface area contributed by atoms with Crippen LogP contribution in [0.25, 0.3) is 0 Å². The lowest BCUT2D eigenvalue weighted by Gasteiger charge is -2.23. The number of aromatic nitrogens is 1. The van der Waals surface area contributed by atoms with Crippen LogP contribution in [-0.4, -0.2) is 22.3 Å². The topological polar surface area (TPSA) is 43.2 Å². The van der Waals surface area contributed by atoms with Crippen molar-refractivity contribution in [3.05, 3.63) is 48.2 Å². The minimum Gasteiger partial charge on any atom is -0.327 e. The van der Waals surface area contributed by atoms with Crippen molar-refractivity contribution in [3.8, 4) is 0 Å². The lowest BCUT2D eigenvalue weighted by atomic mass is 10.2. The molecule has 0 unspecified atom stereocenters. The third-order valence-electron chi connectivity index (χ3n) is 3.02. The zero-order valence-electron chi connectivity index (χ0n) is 11.1. The Hall–Kier alpha value is -2.10. The van der Waals surface area contributed by atoms with Crippen LogP contribution in [-0.2, 0) is 0 Å². The largest absolute Gasteiger partial charge is 0.327 e. The first-order valence-electron chi connectivity index (χ1n) is 5.89. The van der Waals surface area contributed by atoms with Crippen molar-refractivity contribution in [3.63, 3.8) is 0 Å². The molecule has 0 saturated heterocycles. The summed E-state index contributed by atoms with van der Waals surface area (Å²) in [6.45, 7) is 10.3. The molecular weight excluding hydrogens is 224 g/mol. The Balaban J connectivity index is 2.17. The number of allylic oxidation sites excluding steroid dienone is 1. The first kappa shape index (κ1) is 12.4. The van der Waals surface area contributed by atoms with Crippen LogP contribution >= 0.6 is 0 Å². The molecule has 0 amide bonds. The van der Waals surface area contributed by atoms with Gasteiger partial charge in [0.15, 0.2) is 0 Å². The number of aryl methyl sites for hydroxylation is 2. The number of hydrogen-bond donors (Lipinski definition) is 1. The Morgan fingerprint density at radius 1 is 1.33 bits per heavy atom. The van der Waals surface area contributed by atoms with Gasteiger partial charge in [0.25, 0.3) is 0 Å². The van der Waals surface area contributed by atoms with E-state index in [1.165, 1.54) is 0 Å². The standard InChI is InChI=1S/C14H18N4/c1-10-5-6-14(12(3)16-10)18-8-7-17(9-18)13(4)11(2)15/h5-8,15H,4,9H2,1-3H3. The van der Waals surface area contributed by atoms with Crippen molar-refractivity contribution >= 4 is 11.4 Å². The maximum atomic E-state index is 7.60. The van der Waals surface area contributed by atoms with Gasteiger partial charge < -0.3 is 15.2 Å². The highest BCUT2D eigenvalue weighted by Crippen LogP contribution is 2.24. The predicted octanol–water partition coefficient (Wildman–Crippen LogP) is 2.80. The lowest BCUT2D eigenvalue weighted by molar-refractivity contribution is 0.527. The Labute approximate surface area is 108 Å². The maximum Gasteiger partial charge on any atom is 0.0990 e. The molecule has 0 bridgehead atoms. The molecule has 0 aromatic carbocycles. The third-order valence-corrected chi connectivity index (χ3v) is 3.02. The van der Waals surface area contributed by atoms with E-state index < -0.39 is 0 Å². The SMILES string of the molecule is C=C(C(C)=N)N1C=CN(c2ccc(C)nc2C)C1. The zero-order chi connectivity index (χ0) is 13.3. The van der Waals surface area contributed by atoms with Crippen LogP contribution < -0.4 is 4.90 Å². The molecule has 2 rings (SSSR count). The highest BCUT2D eigenvalue weighted by atomic mass is 15.3. The number of nitrogens with one attached hydrogen (secondary N) is 1. The molecule has 2 heterocycles. The molecule has 1 aliphatic rings. The monoisotopic (exact) mass is 242 g/mol. The second-order valence-corrected chi connectivity index (χ2v) is 4.51. The Kier molecular flexibility index (Phi) is 3.19. The van der Waals surface area contributed by atoms with E-state index in [9.17, 15) is 0 Å². The summed E-state index contributed by atoms with van der Waals surface area (Å²) in [6.07, 6.45) is 3.94. The molecule has 0 atom stereocenters. The smallest absolute Gasteiger partial charge is 0.0990 e. The maximum absolute atomic E-state index is 7.60. The summed E-state index contributed by atoms with van der Waals surface area (Å²) in [4.78, 5) is 8.53. The minimum atomic E-state index is 0.486. The summed E-state index contributed by atoms with van der Waals surface area (Å²) in [5, 5.41) is 7.60. The molecule has 0 aliphatic carbocycles. The van der Waals surface area contributed by atoms with E-state index in [2.05, 4.69) is 22.5 Å². The highest BCUT2D eigenvalue weighted by Gasteiger charge is 2.18. The molecule has 1 aromatic heterocycles. The third kappa shape index (κ3) is 2.27. The van der Waals surface area contributed by atoms with Gasteiger partial charge in [0.05, 0.1) is 29.5 Å². The van der Waals surface area contributed by atoms with Crippen LogP contribution in [0.15, 0.2) is 36.8 Å². The van der Waals surface area contributed by atoms with Gasteiger partial charge in [-0.15, -0.1) is 0 Å². The normalized spacial score (nSPS) is 14.2. The minimum absolute atomic E-state index is 0.486. The Bertz CT molecular complexity index is 531. The second-order valence-electron chi connectivity index (χ2n) is 4.51. The molecule has 1 N–H and O–H groups in total. The summed E-state index contributed by atoms with van der Waals surface area (Å²) in [5.74, 6) is 0. The molecule has 0 saturated carbocycles. The first-order valence-corrected chi connectivity index (χ1v) is 5.89. The zero-order valence-corrected chi connectivity index (χ0v) is 11.1. The van der Waals surface area contributed by atoms with Gasteiger partial charge in [-0.05, 0) is 32.9 Å². The van der Waals surface area contributed by atoms with Gasteiger partial charge in [0, 0.05) is 18.1 Å². The number of pyridine rings is 1. The molecule has 4 nitrogen and oxygen atoms in total. The summed E-state index contributed by atoms with van der Waals surface area (Å²) in [7, 11) is 0. The predicted molar refractivity (Wildman–Crippen MR) is 74.6 cm³/mol. The van der Waals surface area contributed by atoms with E-state index in [-0.39, 0.29) is 0 Å². The van der Waals surface area contributed by atoms with E-state index in [0.717, 1.165) is 22.8 Å². The van der Waals surface area contributed by atoms with Gasteiger partial charge in [0.2, 0.25) is 0 Å². The number of hydrogen-bond acceptors (Lipinski definition) is 4. The van der Waals surface area contributed by atoms with Crippen LogP contribution in [0.4, 0.5) is 5.69 Å². The van der Waals surface area contributed by atoms with Crippen LogP contribution in [0.2, 0.25) is 0 Å². The van der Waals surface area contributed by atoms with Gasteiger partial charge in [0.1, 0.15) is 0 Å². The van der Waals surface area contributed by atoms with Crippen LogP contribution in [0.1, 0.15) is 18.3 Å². The van der Waals surface area contributed by atoms with E-state index in [1.54, 1.807) is 6.92 Å². The van der Waals surface area contributed by atoms with Gasteiger partial charge >= 0.3 is 0 Å². The van der Waals surface area contributed by atoms with Gasteiger partial charge in [-0.1, -0.05) is 6.58 Å². The molecule has 0 spiro atoms. The summed E-state index contributed by atoms with van der Waals surface area (Å²) >= 11 is 0. The van der Waals surface area contributed by atoms with Crippen molar-refractivity contribution < 1.29 is 0 Å². The van der Waals surface area contributed by atoms with Crippen LogP contribution in [0.3, 0.4) is 0 Å². The number of nitrogens with zero attached hydrogens (tertiary/aromatic N) is 3. The average Bonchev–Trinajstić information content (AvgIpc) is 2.77. The van der Waals surface area contributed by atoms with Crippen molar-refractivity contribution in [1.29, 1.82) is 5.41 Å². The van der Waals surface area contributed by atoms with Gasteiger partial charge in [-0.3, -0.25) is 4.98 Å². The van der Waals surface area contributed by atoms with Crippen LogP contribution in [0.5, 0.6) is 0 Å². The van der Waals surface area contributed by atoms with Crippen molar-refractivity contribution in [2.45, 2.75) is 20.8 Å². The molecule has 0 fully saturated rings. The summed E-state index contributed by atoms with van der Waals surface area (Å²) in [6, 6.07) is 4.08. The van der Waals surface area contributed by atoms with E-state index >= 15 is 0 Å². The van der Waals surface area contributed by atoms with Gasteiger partial charge in [-0.25, -0.2) is 0 Å². The Morgan fingerprint density at radius 2 is 2.06 bits per heavy atom. The fourth-order valence-electron chi connectivity index (χ4n) is 1.95. The fraction of sp³-hybridized carbons (Fsp3) is 0.286. The summed E-state index contributed by atoms with van der Waals surface area (Å²) < 4.78 is 0. The van der Waals surface area contributed by atoms with Crippen molar-refractivity contribution in [1.82, 2.24) is 9.88 Å². The number of anilines is 1. The fourth-order valence-corrected chi connectivity index (χ4v) is 1.95.